The summed E-state index contributed by atoms with van der Waals surface area (Å²) < 4.78 is 43.2. The molecule has 0 aliphatic carbocycles. The van der Waals surface area contributed by atoms with Crippen LogP contribution in [0.2, 0.25) is 0 Å². The van der Waals surface area contributed by atoms with Gasteiger partial charge in [0, 0.05) is 20.2 Å². The summed E-state index contributed by atoms with van der Waals surface area (Å²) in [5, 5.41) is 2.80. The van der Waals surface area contributed by atoms with Crippen molar-refractivity contribution >= 4 is 5.91 Å². The van der Waals surface area contributed by atoms with E-state index in [9.17, 15) is 18.0 Å². The van der Waals surface area contributed by atoms with Crippen molar-refractivity contribution in [2.75, 3.05) is 20.7 Å². The standard InChI is InChI=1S/C16H21F3N2O2/c1-10-6-12(16(17,18)19)5-4-11(10)8-20-15(22)14-7-13(23-3)9-21(14)2/h4-6,13-14H,7-9H2,1-3H3,(H,20,22)/t13-,14-/m0/s1. The van der Waals surface area contributed by atoms with E-state index in [1.165, 1.54) is 6.07 Å². The van der Waals surface area contributed by atoms with Crippen LogP contribution < -0.4 is 5.32 Å². The van der Waals surface area contributed by atoms with Gasteiger partial charge in [0.15, 0.2) is 0 Å². The minimum absolute atomic E-state index is 0.0311. The minimum Gasteiger partial charge on any atom is -0.380 e. The van der Waals surface area contributed by atoms with Gasteiger partial charge in [0.05, 0.1) is 17.7 Å². The minimum atomic E-state index is -4.35. The predicted octanol–water partition coefficient (Wildman–Crippen LogP) is 2.35. The molecule has 0 aromatic heterocycles. The van der Waals surface area contributed by atoms with Crippen molar-refractivity contribution in [3.05, 3.63) is 34.9 Å². The van der Waals surface area contributed by atoms with E-state index >= 15 is 0 Å². The zero-order valence-electron chi connectivity index (χ0n) is 13.4. The summed E-state index contributed by atoms with van der Waals surface area (Å²) >= 11 is 0. The number of aryl methyl sites for hydroxylation is 1. The molecule has 0 bridgehead atoms. The summed E-state index contributed by atoms with van der Waals surface area (Å²) in [7, 11) is 3.47. The van der Waals surface area contributed by atoms with Crippen molar-refractivity contribution < 1.29 is 22.7 Å². The van der Waals surface area contributed by atoms with E-state index in [-0.39, 0.29) is 24.6 Å². The highest BCUT2D eigenvalue weighted by Crippen LogP contribution is 2.30. The Morgan fingerprint density at radius 3 is 2.65 bits per heavy atom. The van der Waals surface area contributed by atoms with Crippen molar-refractivity contribution in [3.8, 4) is 0 Å². The molecule has 2 atom stereocenters. The molecule has 23 heavy (non-hydrogen) atoms. The average molecular weight is 330 g/mol. The number of benzene rings is 1. The van der Waals surface area contributed by atoms with Crippen LogP contribution in [0.15, 0.2) is 18.2 Å². The molecule has 2 rings (SSSR count). The molecule has 1 amide bonds. The Hall–Kier alpha value is -1.60. The zero-order valence-corrected chi connectivity index (χ0v) is 13.4. The smallest absolute Gasteiger partial charge is 0.380 e. The maximum absolute atomic E-state index is 12.6. The van der Waals surface area contributed by atoms with Crippen LogP contribution in [0.3, 0.4) is 0 Å². The van der Waals surface area contributed by atoms with Gasteiger partial charge in [-0.25, -0.2) is 0 Å². The van der Waals surface area contributed by atoms with Crippen LogP contribution in [0.5, 0.6) is 0 Å². The summed E-state index contributed by atoms with van der Waals surface area (Å²) in [6.45, 7) is 2.51. The fourth-order valence-corrected chi connectivity index (χ4v) is 2.80. The number of methoxy groups -OCH3 is 1. The Kier molecular flexibility index (Phi) is 5.31. The Morgan fingerprint density at radius 1 is 1.43 bits per heavy atom. The second-order valence-corrected chi connectivity index (χ2v) is 5.91. The predicted molar refractivity (Wildman–Crippen MR) is 79.9 cm³/mol. The number of nitrogens with one attached hydrogen (secondary N) is 1. The van der Waals surface area contributed by atoms with Crippen LogP contribution >= 0.6 is 0 Å². The molecule has 0 spiro atoms. The second kappa shape index (κ2) is 6.88. The summed E-state index contributed by atoms with van der Waals surface area (Å²) in [5.74, 6) is -0.133. The highest BCUT2D eigenvalue weighted by Gasteiger charge is 2.34. The van der Waals surface area contributed by atoms with Gasteiger partial charge < -0.3 is 10.1 Å². The molecular weight excluding hydrogens is 309 g/mol. The number of likely N-dealkylation sites (N-methyl/N-ethyl adjacent to an activating group) is 1. The number of amides is 1. The molecule has 128 valence electrons. The van der Waals surface area contributed by atoms with Crippen molar-refractivity contribution in [2.45, 2.75) is 38.2 Å². The van der Waals surface area contributed by atoms with Gasteiger partial charge in [-0.05, 0) is 43.7 Å². The SMILES string of the molecule is CO[C@H]1C[C@@H](C(=O)NCc2ccc(C(F)(F)F)cc2C)N(C)C1. The number of alkyl halides is 3. The largest absolute Gasteiger partial charge is 0.416 e. The zero-order chi connectivity index (χ0) is 17.2. The summed E-state index contributed by atoms with van der Waals surface area (Å²) in [5.41, 5.74) is 0.508. The molecule has 1 aliphatic rings. The lowest BCUT2D eigenvalue weighted by molar-refractivity contribution is -0.137. The lowest BCUT2D eigenvalue weighted by atomic mass is 10.0. The maximum Gasteiger partial charge on any atom is 0.416 e. The van der Waals surface area contributed by atoms with Gasteiger partial charge >= 0.3 is 6.18 Å². The number of carbonyl (C=O) groups is 1. The van der Waals surface area contributed by atoms with Gasteiger partial charge in [-0.1, -0.05) is 6.07 Å². The third-order valence-electron chi connectivity index (χ3n) is 4.27. The fourth-order valence-electron chi connectivity index (χ4n) is 2.80. The molecule has 1 fully saturated rings. The number of carbonyl (C=O) groups excluding carboxylic acids is 1. The number of halogens is 3. The van der Waals surface area contributed by atoms with Crippen molar-refractivity contribution in [1.29, 1.82) is 0 Å². The van der Waals surface area contributed by atoms with Gasteiger partial charge in [-0.3, -0.25) is 9.69 Å². The van der Waals surface area contributed by atoms with E-state index < -0.39 is 11.7 Å². The number of rotatable bonds is 4. The van der Waals surface area contributed by atoms with E-state index in [1.54, 1.807) is 14.0 Å². The Bertz CT molecular complexity index is 575. The first kappa shape index (κ1) is 17.7. The molecule has 1 saturated heterocycles. The maximum atomic E-state index is 12.6. The van der Waals surface area contributed by atoms with E-state index in [4.69, 9.17) is 4.74 Å². The molecule has 1 N–H and O–H groups in total. The average Bonchev–Trinajstić information content (AvgIpc) is 2.86. The van der Waals surface area contributed by atoms with Gasteiger partial charge in [-0.15, -0.1) is 0 Å². The van der Waals surface area contributed by atoms with Crippen LogP contribution in [0.25, 0.3) is 0 Å². The van der Waals surface area contributed by atoms with E-state index in [0.717, 1.165) is 12.1 Å². The van der Waals surface area contributed by atoms with Crippen LogP contribution in [-0.2, 0) is 22.3 Å². The number of ether oxygens (including phenoxy) is 1. The van der Waals surface area contributed by atoms with E-state index in [2.05, 4.69) is 5.32 Å². The first-order chi connectivity index (χ1) is 10.7. The molecular formula is C16H21F3N2O2. The fraction of sp³-hybridized carbons (Fsp3) is 0.562. The Morgan fingerprint density at radius 2 is 2.13 bits per heavy atom. The number of hydrogen-bond acceptors (Lipinski definition) is 3. The lowest BCUT2D eigenvalue weighted by Gasteiger charge is -2.19. The third-order valence-corrected chi connectivity index (χ3v) is 4.27. The summed E-state index contributed by atoms with van der Waals surface area (Å²) in [6, 6.07) is 3.28. The monoisotopic (exact) mass is 330 g/mol. The van der Waals surface area contributed by atoms with E-state index in [1.807, 2.05) is 11.9 Å². The lowest BCUT2D eigenvalue weighted by Crippen LogP contribution is -2.41. The van der Waals surface area contributed by atoms with Crippen LogP contribution in [0.1, 0.15) is 23.1 Å². The van der Waals surface area contributed by atoms with Crippen LogP contribution in [0, 0.1) is 6.92 Å². The first-order valence-electron chi connectivity index (χ1n) is 7.40. The van der Waals surface area contributed by atoms with Gasteiger partial charge in [0.25, 0.3) is 0 Å². The van der Waals surface area contributed by atoms with Crippen molar-refractivity contribution in [2.24, 2.45) is 0 Å². The van der Waals surface area contributed by atoms with Crippen molar-refractivity contribution in [3.63, 3.8) is 0 Å². The molecule has 1 aromatic rings. The highest BCUT2D eigenvalue weighted by atomic mass is 19.4. The van der Waals surface area contributed by atoms with Gasteiger partial charge in [0.2, 0.25) is 5.91 Å². The molecule has 0 unspecified atom stereocenters. The van der Waals surface area contributed by atoms with Crippen LogP contribution in [-0.4, -0.2) is 43.7 Å². The Balaban J connectivity index is 1.97. The molecule has 0 radical (unpaired) electrons. The quantitative estimate of drug-likeness (QED) is 0.921. The van der Waals surface area contributed by atoms with Gasteiger partial charge in [0.1, 0.15) is 0 Å². The normalized spacial score (nSPS) is 22.3. The second-order valence-electron chi connectivity index (χ2n) is 5.91. The molecule has 1 aliphatic heterocycles. The molecule has 4 nitrogen and oxygen atoms in total. The molecule has 1 heterocycles. The number of likely N-dealkylation sites (tertiary alicyclic amines) is 1. The van der Waals surface area contributed by atoms with Crippen LogP contribution in [0.4, 0.5) is 13.2 Å². The number of nitrogens with zero attached hydrogens (tertiary/aromatic N) is 1. The Labute approximate surface area is 133 Å². The van der Waals surface area contributed by atoms with Crippen molar-refractivity contribution in [1.82, 2.24) is 10.2 Å². The number of hydrogen-bond donors (Lipinski definition) is 1. The van der Waals surface area contributed by atoms with Gasteiger partial charge in [-0.2, -0.15) is 13.2 Å². The molecule has 7 heteroatoms. The topological polar surface area (TPSA) is 41.6 Å². The highest BCUT2D eigenvalue weighted by molar-refractivity contribution is 5.82. The first-order valence-corrected chi connectivity index (χ1v) is 7.40. The van der Waals surface area contributed by atoms with E-state index in [0.29, 0.717) is 24.1 Å². The molecule has 0 saturated carbocycles. The summed E-state index contributed by atoms with van der Waals surface area (Å²) in [4.78, 5) is 14.2. The third kappa shape index (κ3) is 4.23. The molecule has 1 aromatic carbocycles. The summed E-state index contributed by atoms with van der Waals surface area (Å²) in [6.07, 6.45) is -3.71.